The van der Waals surface area contributed by atoms with Crippen molar-refractivity contribution in [1.82, 2.24) is 0 Å². The molecular weight excluding hydrogens is 228 g/mol. The van der Waals surface area contributed by atoms with E-state index in [1.807, 2.05) is 32.0 Å². The molecule has 0 fully saturated rings. The quantitative estimate of drug-likeness (QED) is 0.839. The van der Waals surface area contributed by atoms with Gasteiger partial charge in [-0.1, -0.05) is 32.4 Å². The predicted octanol–water partition coefficient (Wildman–Crippen LogP) is 3.61. The third-order valence-electron chi connectivity index (χ3n) is 3.37. The number of rotatable bonds is 6. The summed E-state index contributed by atoms with van der Waals surface area (Å²) < 4.78 is 5.26. The van der Waals surface area contributed by atoms with Crippen molar-refractivity contribution in [3.05, 3.63) is 29.3 Å². The number of hydrogen-bond donors (Lipinski definition) is 1. The molecule has 0 saturated heterocycles. The van der Waals surface area contributed by atoms with Crippen LogP contribution < -0.4 is 4.74 Å². The van der Waals surface area contributed by atoms with Crippen molar-refractivity contribution in [3.8, 4) is 5.75 Å². The summed E-state index contributed by atoms with van der Waals surface area (Å²) in [5.41, 5.74) is 1.85. The SMILES string of the molecule is CCCC(C)C(C(=O)O)c1ccc(C)c(OC)c1. The van der Waals surface area contributed by atoms with Crippen LogP contribution in [-0.4, -0.2) is 18.2 Å². The minimum atomic E-state index is -0.762. The van der Waals surface area contributed by atoms with Crippen LogP contribution in [0.3, 0.4) is 0 Å². The van der Waals surface area contributed by atoms with Crippen molar-refractivity contribution in [2.24, 2.45) is 5.92 Å². The Hall–Kier alpha value is -1.51. The minimum Gasteiger partial charge on any atom is -0.496 e. The molecule has 1 rings (SSSR count). The monoisotopic (exact) mass is 250 g/mol. The zero-order chi connectivity index (χ0) is 13.7. The van der Waals surface area contributed by atoms with Gasteiger partial charge in [0.15, 0.2) is 0 Å². The van der Waals surface area contributed by atoms with Gasteiger partial charge in [-0.15, -0.1) is 0 Å². The fourth-order valence-corrected chi connectivity index (χ4v) is 2.37. The zero-order valence-electron chi connectivity index (χ0n) is 11.6. The Morgan fingerprint density at radius 3 is 2.61 bits per heavy atom. The predicted molar refractivity (Wildman–Crippen MR) is 72.2 cm³/mol. The lowest BCUT2D eigenvalue weighted by Crippen LogP contribution is -2.19. The molecule has 2 atom stereocenters. The zero-order valence-corrected chi connectivity index (χ0v) is 11.6. The van der Waals surface area contributed by atoms with Crippen molar-refractivity contribution >= 4 is 5.97 Å². The van der Waals surface area contributed by atoms with Gasteiger partial charge < -0.3 is 9.84 Å². The van der Waals surface area contributed by atoms with Crippen molar-refractivity contribution in [2.75, 3.05) is 7.11 Å². The van der Waals surface area contributed by atoms with Crippen LogP contribution in [0.5, 0.6) is 5.75 Å². The molecule has 3 nitrogen and oxygen atoms in total. The molecule has 0 aliphatic rings. The third-order valence-corrected chi connectivity index (χ3v) is 3.37. The van der Waals surface area contributed by atoms with E-state index in [1.54, 1.807) is 7.11 Å². The van der Waals surface area contributed by atoms with E-state index in [9.17, 15) is 9.90 Å². The Bertz CT molecular complexity index is 412. The summed E-state index contributed by atoms with van der Waals surface area (Å²) >= 11 is 0. The Kier molecular flexibility index (Phi) is 5.20. The van der Waals surface area contributed by atoms with E-state index in [0.29, 0.717) is 0 Å². The molecule has 0 saturated carbocycles. The molecule has 0 aliphatic heterocycles. The molecule has 0 heterocycles. The molecule has 0 aliphatic carbocycles. The van der Waals surface area contributed by atoms with Gasteiger partial charge in [0.1, 0.15) is 5.75 Å². The second-order valence-corrected chi connectivity index (χ2v) is 4.81. The highest BCUT2D eigenvalue weighted by Crippen LogP contribution is 2.31. The normalized spacial score (nSPS) is 14.0. The fourth-order valence-electron chi connectivity index (χ4n) is 2.37. The van der Waals surface area contributed by atoms with Crippen LogP contribution in [0.2, 0.25) is 0 Å². The number of carbonyl (C=O) groups is 1. The molecule has 0 amide bonds. The maximum Gasteiger partial charge on any atom is 0.311 e. The second kappa shape index (κ2) is 6.43. The van der Waals surface area contributed by atoms with Crippen LogP contribution in [0, 0.1) is 12.8 Å². The highest BCUT2D eigenvalue weighted by Gasteiger charge is 2.26. The molecule has 100 valence electrons. The Morgan fingerprint density at radius 2 is 2.11 bits per heavy atom. The van der Waals surface area contributed by atoms with E-state index in [2.05, 4.69) is 6.92 Å². The molecule has 0 aromatic heterocycles. The van der Waals surface area contributed by atoms with Crippen LogP contribution in [0.1, 0.15) is 43.7 Å². The van der Waals surface area contributed by atoms with Crippen molar-refractivity contribution < 1.29 is 14.6 Å². The smallest absolute Gasteiger partial charge is 0.311 e. The highest BCUT2D eigenvalue weighted by molar-refractivity contribution is 5.76. The summed E-state index contributed by atoms with van der Waals surface area (Å²) in [4.78, 5) is 11.5. The van der Waals surface area contributed by atoms with E-state index in [1.165, 1.54) is 0 Å². The molecule has 0 spiro atoms. The van der Waals surface area contributed by atoms with Gasteiger partial charge in [-0.3, -0.25) is 4.79 Å². The summed E-state index contributed by atoms with van der Waals surface area (Å²) in [5.74, 6) is -0.344. The summed E-state index contributed by atoms with van der Waals surface area (Å²) in [6, 6.07) is 5.66. The van der Waals surface area contributed by atoms with Crippen LogP contribution in [0.25, 0.3) is 0 Å². The lowest BCUT2D eigenvalue weighted by Gasteiger charge is -2.21. The number of methoxy groups -OCH3 is 1. The van der Waals surface area contributed by atoms with E-state index in [-0.39, 0.29) is 5.92 Å². The number of ether oxygens (including phenoxy) is 1. The molecule has 1 aromatic rings. The van der Waals surface area contributed by atoms with Crippen LogP contribution in [0.15, 0.2) is 18.2 Å². The Balaban J connectivity index is 3.10. The average Bonchev–Trinajstić information content (AvgIpc) is 2.31. The van der Waals surface area contributed by atoms with Crippen LogP contribution in [-0.2, 0) is 4.79 Å². The third kappa shape index (κ3) is 3.25. The first-order valence-corrected chi connectivity index (χ1v) is 6.38. The number of benzene rings is 1. The molecule has 18 heavy (non-hydrogen) atoms. The van der Waals surface area contributed by atoms with E-state index in [0.717, 1.165) is 29.7 Å². The molecule has 0 bridgehead atoms. The summed E-state index contributed by atoms with van der Waals surface area (Å²) in [6.07, 6.45) is 1.90. The van der Waals surface area contributed by atoms with E-state index in [4.69, 9.17) is 4.74 Å². The number of carboxylic acids is 1. The van der Waals surface area contributed by atoms with E-state index >= 15 is 0 Å². The summed E-state index contributed by atoms with van der Waals surface area (Å²) in [5, 5.41) is 9.42. The van der Waals surface area contributed by atoms with Gasteiger partial charge in [0.2, 0.25) is 0 Å². The number of aryl methyl sites for hydroxylation is 1. The Labute approximate surface area is 109 Å². The average molecular weight is 250 g/mol. The Morgan fingerprint density at radius 1 is 1.44 bits per heavy atom. The lowest BCUT2D eigenvalue weighted by atomic mass is 9.84. The van der Waals surface area contributed by atoms with Gasteiger partial charge in [0.25, 0.3) is 0 Å². The molecule has 2 unspecified atom stereocenters. The van der Waals surface area contributed by atoms with Gasteiger partial charge in [-0.25, -0.2) is 0 Å². The standard InChI is InChI=1S/C15H22O3/c1-5-6-11(3)14(15(16)17)12-8-7-10(2)13(9-12)18-4/h7-9,11,14H,5-6H2,1-4H3,(H,16,17). The van der Waals surface area contributed by atoms with Crippen molar-refractivity contribution in [2.45, 2.75) is 39.5 Å². The lowest BCUT2D eigenvalue weighted by molar-refractivity contribution is -0.140. The van der Waals surface area contributed by atoms with Gasteiger partial charge in [0, 0.05) is 0 Å². The molecule has 0 radical (unpaired) electrons. The number of hydrogen-bond acceptors (Lipinski definition) is 2. The maximum absolute atomic E-state index is 11.5. The van der Waals surface area contributed by atoms with Gasteiger partial charge in [0.05, 0.1) is 13.0 Å². The first-order chi connectivity index (χ1) is 8.51. The first kappa shape index (κ1) is 14.6. The molecule has 3 heteroatoms. The van der Waals surface area contributed by atoms with Crippen LogP contribution in [0.4, 0.5) is 0 Å². The fraction of sp³-hybridized carbons (Fsp3) is 0.533. The summed E-state index contributed by atoms with van der Waals surface area (Å²) in [7, 11) is 1.61. The van der Waals surface area contributed by atoms with E-state index < -0.39 is 11.9 Å². The molecule has 1 aromatic carbocycles. The van der Waals surface area contributed by atoms with Crippen LogP contribution >= 0.6 is 0 Å². The van der Waals surface area contributed by atoms with Gasteiger partial charge in [-0.05, 0) is 36.5 Å². The first-order valence-electron chi connectivity index (χ1n) is 6.38. The maximum atomic E-state index is 11.5. The van der Waals surface area contributed by atoms with Crippen molar-refractivity contribution in [3.63, 3.8) is 0 Å². The molecule has 1 N–H and O–H groups in total. The van der Waals surface area contributed by atoms with Gasteiger partial charge >= 0.3 is 5.97 Å². The second-order valence-electron chi connectivity index (χ2n) is 4.81. The van der Waals surface area contributed by atoms with Gasteiger partial charge in [-0.2, -0.15) is 0 Å². The highest BCUT2D eigenvalue weighted by atomic mass is 16.5. The minimum absolute atomic E-state index is 0.125. The van der Waals surface area contributed by atoms with Crippen molar-refractivity contribution in [1.29, 1.82) is 0 Å². The largest absolute Gasteiger partial charge is 0.496 e. The summed E-state index contributed by atoms with van der Waals surface area (Å²) in [6.45, 7) is 6.02. The number of aliphatic carboxylic acids is 1. The topological polar surface area (TPSA) is 46.5 Å². The molecular formula is C15H22O3. The number of carboxylic acid groups (broad SMARTS) is 1.